The molecule has 1 aromatic carbocycles. The van der Waals surface area contributed by atoms with Crippen LogP contribution in [-0.2, 0) is 0 Å². The zero-order valence-electron chi connectivity index (χ0n) is 13.0. The van der Waals surface area contributed by atoms with Gasteiger partial charge in [0.15, 0.2) is 5.76 Å². The predicted molar refractivity (Wildman–Crippen MR) is 85.6 cm³/mol. The van der Waals surface area contributed by atoms with Crippen molar-refractivity contribution in [2.24, 2.45) is 11.8 Å². The summed E-state index contributed by atoms with van der Waals surface area (Å²) in [5, 5.41) is 1.04. The molecule has 21 heavy (non-hydrogen) atoms. The Balaban J connectivity index is 1.72. The first-order valence-corrected chi connectivity index (χ1v) is 8.21. The molecule has 2 aromatic rings. The van der Waals surface area contributed by atoms with Crippen molar-refractivity contribution >= 4 is 16.8 Å². The topological polar surface area (TPSA) is 30.2 Å². The lowest BCUT2D eigenvalue weighted by molar-refractivity contribution is 0.0843. The molecule has 0 spiro atoms. The van der Waals surface area contributed by atoms with Crippen molar-refractivity contribution in [3.8, 4) is 0 Å². The van der Waals surface area contributed by atoms with Crippen LogP contribution in [0.4, 0.5) is 0 Å². The first kappa shape index (κ1) is 14.4. The minimum atomic E-state index is 0.166. The fraction of sp³-hybridized carbons (Fsp3) is 0.526. The highest BCUT2D eigenvalue weighted by molar-refractivity contribution is 5.99. The van der Waals surface area contributed by atoms with Gasteiger partial charge < -0.3 is 4.42 Å². The number of fused-ring (bicyclic) bond motifs is 1. The Kier molecular flexibility index (Phi) is 4.14. The molecule has 1 aliphatic carbocycles. The van der Waals surface area contributed by atoms with Crippen LogP contribution in [-0.4, -0.2) is 5.78 Å². The maximum Gasteiger partial charge on any atom is 0.201 e. The Morgan fingerprint density at radius 2 is 1.95 bits per heavy atom. The van der Waals surface area contributed by atoms with Crippen LogP contribution in [0.3, 0.4) is 0 Å². The van der Waals surface area contributed by atoms with Crippen molar-refractivity contribution < 1.29 is 9.21 Å². The summed E-state index contributed by atoms with van der Waals surface area (Å²) in [6.07, 6.45) is 7.02. The highest BCUT2D eigenvalue weighted by Crippen LogP contribution is 2.34. The van der Waals surface area contributed by atoms with E-state index >= 15 is 0 Å². The lowest BCUT2D eigenvalue weighted by Crippen LogP contribution is -2.21. The molecule has 0 radical (unpaired) electrons. The number of aryl methyl sites for hydroxylation is 1. The molecular formula is C19H24O2. The van der Waals surface area contributed by atoms with E-state index in [1.54, 1.807) is 0 Å². The van der Waals surface area contributed by atoms with Gasteiger partial charge in [0.25, 0.3) is 0 Å². The van der Waals surface area contributed by atoms with Crippen molar-refractivity contribution in [1.82, 2.24) is 0 Å². The fourth-order valence-electron chi connectivity index (χ4n) is 3.61. The number of hydrogen-bond acceptors (Lipinski definition) is 2. The van der Waals surface area contributed by atoms with E-state index in [9.17, 15) is 4.79 Å². The first-order chi connectivity index (χ1) is 10.2. The van der Waals surface area contributed by atoms with Crippen molar-refractivity contribution in [3.63, 3.8) is 0 Å². The molecular weight excluding hydrogens is 260 g/mol. The van der Waals surface area contributed by atoms with Gasteiger partial charge in [-0.2, -0.15) is 0 Å². The minimum absolute atomic E-state index is 0.166. The van der Waals surface area contributed by atoms with Gasteiger partial charge in [0.1, 0.15) is 5.58 Å². The molecule has 0 amide bonds. The predicted octanol–water partition coefficient (Wildman–Crippen LogP) is 5.53. The van der Waals surface area contributed by atoms with E-state index in [2.05, 4.69) is 19.9 Å². The molecule has 0 aliphatic heterocycles. The Morgan fingerprint density at radius 3 is 2.67 bits per heavy atom. The van der Waals surface area contributed by atoms with Gasteiger partial charge in [-0.15, -0.1) is 0 Å². The molecule has 2 nitrogen and oxygen atoms in total. The number of ketones is 1. The van der Waals surface area contributed by atoms with Crippen LogP contribution in [0.15, 0.2) is 28.7 Å². The van der Waals surface area contributed by atoms with E-state index < -0.39 is 0 Å². The molecule has 0 atom stereocenters. The molecule has 112 valence electrons. The maximum absolute atomic E-state index is 12.6. The van der Waals surface area contributed by atoms with Crippen LogP contribution in [0.2, 0.25) is 0 Å². The normalized spacial score (nSPS) is 22.6. The molecule has 1 fully saturated rings. The van der Waals surface area contributed by atoms with Crippen LogP contribution in [0, 0.1) is 18.8 Å². The third kappa shape index (κ3) is 3.04. The quantitative estimate of drug-likeness (QED) is 0.691. The van der Waals surface area contributed by atoms with Gasteiger partial charge in [-0.1, -0.05) is 31.4 Å². The smallest absolute Gasteiger partial charge is 0.201 e. The summed E-state index contributed by atoms with van der Waals surface area (Å²) in [5.74, 6) is 1.76. The van der Waals surface area contributed by atoms with Crippen molar-refractivity contribution in [1.29, 1.82) is 0 Å². The highest BCUT2D eigenvalue weighted by Gasteiger charge is 2.28. The number of Topliss-reactive ketones (excluding diaryl/α,β-unsaturated/α-hetero) is 1. The molecule has 3 rings (SSSR count). The molecule has 0 bridgehead atoms. The third-order valence-electron chi connectivity index (χ3n) is 4.83. The average molecular weight is 284 g/mol. The van der Waals surface area contributed by atoms with E-state index in [0.29, 0.717) is 5.76 Å². The molecule has 0 N–H and O–H groups in total. The average Bonchev–Trinajstić information content (AvgIpc) is 2.90. The summed E-state index contributed by atoms with van der Waals surface area (Å²) in [6, 6.07) is 7.98. The molecule has 0 unspecified atom stereocenters. The zero-order valence-corrected chi connectivity index (χ0v) is 13.0. The van der Waals surface area contributed by atoms with Gasteiger partial charge in [0.05, 0.1) is 0 Å². The largest absolute Gasteiger partial charge is 0.453 e. The minimum Gasteiger partial charge on any atom is -0.453 e. The Bertz CT molecular complexity index is 630. The van der Waals surface area contributed by atoms with E-state index in [1.807, 2.05) is 18.2 Å². The third-order valence-corrected chi connectivity index (χ3v) is 4.83. The number of rotatable bonds is 4. The summed E-state index contributed by atoms with van der Waals surface area (Å²) in [6.45, 7) is 4.30. The maximum atomic E-state index is 12.6. The molecule has 1 heterocycles. The Morgan fingerprint density at radius 1 is 1.19 bits per heavy atom. The lowest BCUT2D eigenvalue weighted by atomic mass is 9.78. The van der Waals surface area contributed by atoms with Gasteiger partial charge in [-0.25, -0.2) is 0 Å². The summed E-state index contributed by atoms with van der Waals surface area (Å²) < 4.78 is 5.76. The summed E-state index contributed by atoms with van der Waals surface area (Å²) >= 11 is 0. The summed E-state index contributed by atoms with van der Waals surface area (Å²) in [7, 11) is 0. The number of carbonyl (C=O) groups is 1. The summed E-state index contributed by atoms with van der Waals surface area (Å²) in [5.41, 5.74) is 2.02. The van der Waals surface area contributed by atoms with Crippen LogP contribution in [0.25, 0.3) is 11.0 Å². The van der Waals surface area contributed by atoms with Crippen LogP contribution in [0.5, 0.6) is 0 Å². The monoisotopic (exact) mass is 284 g/mol. The highest BCUT2D eigenvalue weighted by atomic mass is 16.3. The summed E-state index contributed by atoms with van der Waals surface area (Å²) in [4.78, 5) is 12.6. The Labute approximate surface area is 126 Å². The van der Waals surface area contributed by atoms with Gasteiger partial charge in [-0.05, 0) is 56.7 Å². The van der Waals surface area contributed by atoms with Crippen LogP contribution in [0.1, 0.15) is 61.6 Å². The SMILES string of the molecule is CCCC1CCC(C(=O)c2cc3cc(C)ccc3o2)CC1. The second kappa shape index (κ2) is 6.05. The van der Waals surface area contributed by atoms with E-state index in [1.165, 1.54) is 31.2 Å². The van der Waals surface area contributed by atoms with E-state index in [4.69, 9.17) is 4.42 Å². The Hall–Kier alpha value is -1.57. The van der Waals surface area contributed by atoms with Crippen molar-refractivity contribution in [2.75, 3.05) is 0 Å². The number of furan rings is 1. The van der Waals surface area contributed by atoms with E-state index in [-0.39, 0.29) is 11.7 Å². The molecule has 1 aromatic heterocycles. The molecule has 1 saturated carbocycles. The molecule has 1 aliphatic rings. The number of benzene rings is 1. The first-order valence-electron chi connectivity index (χ1n) is 8.21. The van der Waals surface area contributed by atoms with Crippen molar-refractivity contribution in [2.45, 2.75) is 52.4 Å². The van der Waals surface area contributed by atoms with Gasteiger partial charge >= 0.3 is 0 Å². The van der Waals surface area contributed by atoms with Crippen LogP contribution < -0.4 is 0 Å². The second-order valence-corrected chi connectivity index (χ2v) is 6.52. The second-order valence-electron chi connectivity index (χ2n) is 6.52. The standard InChI is InChI=1S/C19H24O2/c1-3-4-14-6-8-15(9-7-14)19(20)18-12-16-11-13(2)5-10-17(16)21-18/h5,10-12,14-15H,3-4,6-9H2,1-2H3. The lowest BCUT2D eigenvalue weighted by Gasteiger charge is -2.26. The molecule has 0 saturated heterocycles. The van der Waals surface area contributed by atoms with Crippen LogP contribution >= 0.6 is 0 Å². The van der Waals surface area contributed by atoms with Gasteiger partial charge in [0, 0.05) is 11.3 Å². The number of carbonyl (C=O) groups excluding carboxylic acids is 1. The van der Waals surface area contributed by atoms with Gasteiger partial charge in [0.2, 0.25) is 5.78 Å². The molecule has 2 heteroatoms. The number of hydrogen-bond donors (Lipinski definition) is 0. The van der Waals surface area contributed by atoms with E-state index in [0.717, 1.165) is 29.7 Å². The fourth-order valence-corrected chi connectivity index (χ4v) is 3.61. The van der Waals surface area contributed by atoms with Crippen molar-refractivity contribution in [3.05, 3.63) is 35.6 Å². The zero-order chi connectivity index (χ0) is 14.8. The van der Waals surface area contributed by atoms with Gasteiger partial charge in [-0.3, -0.25) is 4.79 Å².